The molecule has 0 amide bonds. The van der Waals surface area contributed by atoms with Crippen LogP contribution < -0.4 is 0 Å². The molecule has 0 fully saturated rings. The molecule has 0 aliphatic rings. The summed E-state index contributed by atoms with van der Waals surface area (Å²) in [6, 6.07) is 0. The summed E-state index contributed by atoms with van der Waals surface area (Å²) in [6.45, 7) is 3.76. The topological polar surface area (TPSA) is 87.1 Å². The molecule has 0 aromatic heterocycles. The van der Waals surface area contributed by atoms with Crippen molar-refractivity contribution in [3.63, 3.8) is 0 Å². The summed E-state index contributed by atoms with van der Waals surface area (Å²) in [5.74, 6) is -1.86. The minimum atomic E-state index is -0.943. The van der Waals surface area contributed by atoms with Gasteiger partial charge in [-0.1, -0.05) is 0 Å². The quantitative estimate of drug-likeness (QED) is 0.527. The van der Waals surface area contributed by atoms with Crippen LogP contribution in [0.4, 0.5) is 0 Å². The first-order chi connectivity index (χ1) is 7.56. The molecule has 0 saturated carbocycles. The second-order valence-corrected chi connectivity index (χ2v) is 3.36. The number of rotatable bonds is 10. The molecule has 2 N–H and O–H groups in total. The van der Waals surface area contributed by atoms with E-state index in [4.69, 9.17) is 14.9 Å². The van der Waals surface area contributed by atoms with Gasteiger partial charge in [-0.3, -0.25) is 14.5 Å². The molecule has 0 saturated heterocycles. The fraction of sp³-hybridized carbons (Fsp3) is 0.800. The number of carboxylic acid groups (broad SMARTS) is 2. The minimum absolute atomic E-state index is 0.0398. The zero-order valence-corrected chi connectivity index (χ0v) is 9.52. The van der Waals surface area contributed by atoms with E-state index in [0.29, 0.717) is 26.2 Å². The van der Waals surface area contributed by atoms with Crippen molar-refractivity contribution in [1.29, 1.82) is 0 Å². The van der Waals surface area contributed by atoms with E-state index in [1.54, 1.807) is 4.90 Å². The van der Waals surface area contributed by atoms with Crippen LogP contribution in [0.15, 0.2) is 0 Å². The Hall–Kier alpha value is -1.14. The maximum Gasteiger partial charge on any atom is 0.317 e. The van der Waals surface area contributed by atoms with Crippen molar-refractivity contribution in [2.45, 2.75) is 19.8 Å². The van der Waals surface area contributed by atoms with Crippen LogP contribution in [0.2, 0.25) is 0 Å². The Kier molecular flexibility index (Phi) is 8.46. The van der Waals surface area contributed by atoms with E-state index in [1.165, 1.54) is 0 Å². The molecule has 0 aliphatic carbocycles. The lowest BCUT2D eigenvalue weighted by Gasteiger charge is -2.18. The van der Waals surface area contributed by atoms with Crippen LogP contribution in [0, 0.1) is 0 Å². The van der Waals surface area contributed by atoms with Crippen LogP contribution in [-0.2, 0) is 14.3 Å². The summed E-state index contributed by atoms with van der Waals surface area (Å²) in [5.41, 5.74) is 0. The zero-order valence-electron chi connectivity index (χ0n) is 9.52. The highest BCUT2D eigenvalue weighted by atomic mass is 16.5. The highest BCUT2D eigenvalue weighted by Crippen LogP contribution is 1.95. The largest absolute Gasteiger partial charge is 0.481 e. The third-order valence-corrected chi connectivity index (χ3v) is 1.97. The smallest absolute Gasteiger partial charge is 0.317 e. The van der Waals surface area contributed by atoms with Crippen molar-refractivity contribution in [2.24, 2.45) is 0 Å². The molecule has 0 heterocycles. The lowest BCUT2D eigenvalue weighted by atomic mass is 10.3. The summed E-state index contributed by atoms with van der Waals surface area (Å²) in [6.07, 6.45) is 0.669. The zero-order chi connectivity index (χ0) is 12.4. The monoisotopic (exact) mass is 233 g/mol. The Bertz CT molecular complexity index is 219. The molecular formula is C10H19NO5. The van der Waals surface area contributed by atoms with Gasteiger partial charge in [-0.15, -0.1) is 0 Å². The number of carbonyl (C=O) groups is 2. The molecule has 0 unspecified atom stereocenters. The maximum atomic E-state index is 10.5. The van der Waals surface area contributed by atoms with Gasteiger partial charge < -0.3 is 14.9 Å². The van der Waals surface area contributed by atoms with E-state index in [2.05, 4.69) is 0 Å². The fourth-order valence-corrected chi connectivity index (χ4v) is 1.25. The first-order valence-electron chi connectivity index (χ1n) is 5.30. The number of nitrogens with zero attached hydrogens (tertiary/aromatic N) is 1. The average Bonchev–Trinajstić information content (AvgIpc) is 2.19. The molecule has 0 aromatic carbocycles. The lowest BCUT2D eigenvalue weighted by Crippen LogP contribution is -2.33. The molecule has 6 heteroatoms. The second-order valence-electron chi connectivity index (χ2n) is 3.36. The maximum absolute atomic E-state index is 10.5. The SMILES string of the molecule is CCOCCCN(CCC(=O)O)CC(=O)O. The number of ether oxygens (including phenoxy) is 1. The molecule has 6 nitrogen and oxygen atoms in total. The van der Waals surface area contributed by atoms with E-state index < -0.39 is 11.9 Å². The van der Waals surface area contributed by atoms with Gasteiger partial charge in [0.2, 0.25) is 0 Å². The number of carboxylic acids is 2. The highest BCUT2D eigenvalue weighted by molar-refractivity contribution is 5.69. The van der Waals surface area contributed by atoms with E-state index in [-0.39, 0.29) is 19.5 Å². The van der Waals surface area contributed by atoms with Gasteiger partial charge in [0.15, 0.2) is 0 Å². The molecule has 0 aromatic rings. The van der Waals surface area contributed by atoms with Crippen LogP contribution in [-0.4, -0.2) is 59.9 Å². The van der Waals surface area contributed by atoms with Gasteiger partial charge in [0, 0.05) is 26.3 Å². The molecule has 0 atom stereocenters. The Morgan fingerprint density at radius 1 is 1.19 bits per heavy atom. The van der Waals surface area contributed by atoms with Crippen LogP contribution >= 0.6 is 0 Å². The van der Waals surface area contributed by atoms with Gasteiger partial charge in [-0.2, -0.15) is 0 Å². The van der Waals surface area contributed by atoms with Gasteiger partial charge in [0.25, 0.3) is 0 Å². The van der Waals surface area contributed by atoms with Gasteiger partial charge in [-0.25, -0.2) is 0 Å². The summed E-state index contributed by atoms with van der Waals surface area (Å²) in [4.78, 5) is 22.5. The molecule has 16 heavy (non-hydrogen) atoms. The van der Waals surface area contributed by atoms with Crippen LogP contribution in [0.1, 0.15) is 19.8 Å². The fourth-order valence-electron chi connectivity index (χ4n) is 1.25. The van der Waals surface area contributed by atoms with E-state index in [0.717, 1.165) is 0 Å². The van der Waals surface area contributed by atoms with Gasteiger partial charge in [0.05, 0.1) is 13.0 Å². The van der Waals surface area contributed by atoms with Crippen molar-refractivity contribution < 1.29 is 24.5 Å². The number of aliphatic carboxylic acids is 2. The van der Waals surface area contributed by atoms with Crippen molar-refractivity contribution in [3.05, 3.63) is 0 Å². The molecule has 94 valence electrons. The lowest BCUT2D eigenvalue weighted by molar-refractivity contribution is -0.141. The van der Waals surface area contributed by atoms with E-state index in [1.807, 2.05) is 6.92 Å². The standard InChI is InChI=1S/C10H19NO5/c1-2-16-7-3-5-11(8-10(14)15)6-4-9(12)13/h2-8H2,1H3,(H,12,13)(H,14,15). The van der Waals surface area contributed by atoms with Crippen molar-refractivity contribution >= 4 is 11.9 Å². The molecule has 0 radical (unpaired) electrons. The number of hydrogen-bond donors (Lipinski definition) is 2. The minimum Gasteiger partial charge on any atom is -0.481 e. The molecule has 0 spiro atoms. The van der Waals surface area contributed by atoms with Crippen molar-refractivity contribution in [2.75, 3.05) is 32.8 Å². The Balaban J connectivity index is 3.80. The van der Waals surface area contributed by atoms with Crippen LogP contribution in [0.5, 0.6) is 0 Å². The summed E-state index contributed by atoms with van der Waals surface area (Å²) in [7, 11) is 0. The predicted molar refractivity (Wildman–Crippen MR) is 57.4 cm³/mol. The third-order valence-electron chi connectivity index (χ3n) is 1.97. The molecule has 0 rings (SSSR count). The Morgan fingerprint density at radius 2 is 1.88 bits per heavy atom. The molecule has 0 aliphatic heterocycles. The van der Waals surface area contributed by atoms with Crippen LogP contribution in [0.3, 0.4) is 0 Å². The van der Waals surface area contributed by atoms with Crippen LogP contribution in [0.25, 0.3) is 0 Å². The van der Waals surface area contributed by atoms with Gasteiger partial charge in [0.1, 0.15) is 0 Å². The summed E-state index contributed by atoms with van der Waals surface area (Å²) >= 11 is 0. The Morgan fingerprint density at radius 3 is 2.38 bits per heavy atom. The first kappa shape index (κ1) is 14.9. The van der Waals surface area contributed by atoms with Gasteiger partial charge in [-0.05, 0) is 13.3 Å². The average molecular weight is 233 g/mol. The summed E-state index contributed by atoms with van der Waals surface area (Å²) < 4.78 is 5.12. The first-order valence-corrected chi connectivity index (χ1v) is 5.30. The molecular weight excluding hydrogens is 214 g/mol. The van der Waals surface area contributed by atoms with E-state index >= 15 is 0 Å². The third kappa shape index (κ3) is 9.42. The highest BCUT2D eigenvalue weighted by Gasteiger charge is 2.10. The molecule has 0 bridgehead atoms. The van der Waals surface area contributed by atoms with Crippen molar-refractivity contribution in [3.8, 4) is 0 Å². The Labute approximate surface area is 94.8 Å². The van der Waals surface area contributed by atoms with Gasteiger partial charge >= 0.3 is 11.9 Å². The predicted octanol–water partition coefficient (Wildman–Crippen LogP) is 0.274. The number of hydrogen-bond acceptors (Lipinski definition) is 4. The van der Waals surface area contributed by atoms with E-state index in [9.17, 15) is 9.59 Å². The normalized spacial score (nSPS) is 10.6. The van der Waals surface area contributed by atoms with Crippen molar-refractivity contribution in [1.82, 2.24) is 4.90 Å². The summed E-state index contributed by atoms with van der Waals surface area (Å²) in [5, 5.41) is 17.1. The second kappa shape index (κ2) is 9.11.